The first-order valence-corrected chi connectivity index (χ1v) is 9.71. The predicted octanol–water partition coefficient (Wildman–Crippen LogP) is 2.30. The number of nitrogens with zero attached hydrogens (tertiary/aromatic N) is 4. The summed E-state index contributed by atoms with van der Waals surface area (Å²) in [5.41, 5.74) is 3.33. The van der Waals surface area contributed by atoms with Gasteiger partial charge in [0.25, 0.3) is 0 Å². The summed E-state index contributed by atoms with van der Waals surface area (Å²) in [5.74, 6) is 2.45. The number of fused-ring (bicyclic) bond motifs is 1. The smallest absolute Gasteiger partial charge is 0.153 e. The zero-order valence-electron chi connectivity index (χ0n) is 15.5. The molecule has 0 spiro atoms. The van der Waals surface area contributed by atoms with Crippen LogP contribution in [-0.2, 0) is 11.2 Å². The van der Waals surface area contributed by atoms with Gasteiger partial charge in [-0.3, -0.25) is 5.10 Å². The first-order chi connectivity index (χ1) is 13.3. The molecule has 2 aromatic rings. The number of hydrogen-bond acceptors (Lipinski definition) is 7. The van der Waals surface area contributed by atoms with Crippen LogP contribution >= 0.6 is 0 Å². The number of aromatic amines is 1. The van der Waals surface area contributed by atoms with Gasteiger partial charge in [0, 0.05) is 43.2 Å². The molecule has 4 heterocycles. The van der Waals surface area contributed by atoms with Gasteiger partial charge in [-0.2, -0.15) is 5.10 Å². The van der Waals surface area contributed by atoms with Gasteiger partial charge in [0.2, 0.25) is 0 Å². The number of morpholine rings is 1. The maximum absolute atomic E-state index is 8.09. The van der Waals surface area contributed by atoms with E-state index in [4.69, 9.17) is 15.1 Å². The molecule has 8 nitrogen and oxygen atoms in total. The van der Waals surface area contributed by atoms with E-state index in [9.17, 15) is 0 Å². The first-order valence-electron chi connectivity index (χ1n) is 9.71. The largest absolute Gasteiger partial charge is 0.377 e. The number of H-pyrrole nitrogens is 1. The Kier molecular flexibility index (Phi) is 4.00. The van der Waals surface area contributed by atoms with Crippen LogP contribution in [0.2, 0.25) is 0 Å². The lowest BCUT2D eigenvalue weighted by atomic mass is 10.1. The fraction of sp³-hybridized carbons (Fsp3) is 0.526. The van der Waals surface area contributed by atoms with Crippen molar-refractivity contribution < 1.29 is 4.74 Å². The Bertz CT molecular complexity index is 846. The lowest BCUT2D eigenvalue weighted by Crippen LogP contribution is -2.44. The zero-order valence-corrected chi connectivity index (χ0v) is 15.5. The van der Waals surface area contributed by atoms with Gasteiger partial charge in [0.05, 0.1) is 30.5 Å². The third kappa shape index (κ3) is 2.84. The van der Waals surface area contributed by atoms with E-state index < -0.39 is 0 Å². The molecule has 0 amide bonds. The van der Waals surface area contributed by atoms with Crippen LogP contribution < -0.4 is 15.1 Å². The Hall–Kier alpha value is -2.61. The highest BCUT2D eigenvalue weighted by Gasteiger charge is 2.38. The van der Waals surface area contributed by atoms with Crippen LogP contribution in [0.1, 0.15) is 30.9 Å². The molecule has 142 valence electrons. The molecule has 2 aromatic heterocycles. The average Bonchev–Trinajstić information content (AvgIpc) is 3.21. The molecule has 2 fully saturated rings. The molecule has 0 radical (unpaired) electrons. The van der Waals surface area contributed by atoms with Crippen molar-refractivity contribution in [3.8, 4) is 0 Å². The fourth-order valence-corrected chi connectivity index (χ4v) is 4.23. The summed E-state index contributed by atoms with van der Waals surface area (Å²) in [5, 5.41) is 18.4. The van der Waals surface area contributed by atoms with Gasteiger partial charge >= 0.3 is 0 Å². The maximum atomic E-state index is 8.09. The van der Waals surface area contributed by atoms with Crippen molar-refractivity contribution >= 4 is 29.4 Å². The number of pyridine rings is 1. The van der Waals surface area contributed by atoms with E-state index in [1.165, 1.54) is 30.3 Å². The maximum Gasteiger partial charge on any atom is 0.153 e. The molecule has 0 aromatic carbocycles. The summed E-state index contributed by atoms with van der Waals surface area (Å²) in [4.78, 5) is 9.86. The molecule has 27 heavy (non-hydrogen) atoms. The lowest BCUT2D eigenvalue weighted by Gasteiger charge is -2.36. The minimum Gasteiger partial charge on any atom is -0.377 e. The molecular weight excluding hydrogens is 342 g/mol. The van der Waals surface area contributed by atoms with Crippen molar-refractivity contribution in [2.24, 2.45) is 0 Å². The quantitative estimate of drug-likeness (QED) is 0.702. The number of nitrogens with one attached hydrogen (secondary N) is 3. The van der Waals surface area contributed by atoms with Crippen molar-refractivity contribution in [1.29, 1.82) is 5.41 Å². The molecule has 3 N–H and O–H groups in total. The molecule has 3 aliphatic rings. The second-order valence-corrected chi connectivity index (χ2v) is 7.55. The van der Waals surface area contributed by atoms with Gasteiger partial charge in [-0.25, -0.2) is 4.98 Å². The van der Waals surface area contributed by atoms with Crippen molar-refractivity contribution in [2.45, 2.75) is 38.3 Å². The van der Waals surface area contributed by atoms with E-state index in [1.54, 1.807) is 6.20 Å². The molecule has 2 aliphatic heterocycles. The van der Waals surface area contributed by atoms with Gasteiger partial charge in [0.1, 0.15) is 11.6 Å². The molecule has 5 rings (SSSR count). The van der Waals surface area contributed by atoms with Crippen molar-refractivity contribution in [3.63, 3.8) is 0 Å². The van der Waals surface area contributed by atoms with E-state index in [0.29, 0.717) is 17.7 Å². The predicted molar refractivity (Wildman–Crippen MR) is 106 cm³/mol. The Morgan fingerprint density at radius 1 is 1.33 bits per heavy atom. The van der Waals surface area contributed by atoms with Crippen molar-refractivity contribution in [1.82, 2.24) is 15.2 Å². The fourth-order valence-electron chi connectivity index (χ4n) is 4.23. The summed E-state index contributed by atoms with van der Waals surface area (Å²) < 4.78 is 5.64. The summed E-state index contributed by atoms with van der Waals surface area (Å²) >= 11 is 0. The van der Waals surface area contributed by atoms with Gasteiger partial charge < -0.3 is 25.3 Å². The SMILES string of the molecule is C[C@@H]1COCCN1c1nc(Nc2cc[nH]n2)c(C=N)c2c1CCN2C1CC1. The molecular formula is C19H25N7O. The topological polar surface area (TPSA) is 93.2 Å². The van der Waals surface area contributed by atoms with Gasteiger partial charge in [-0.05, 0) is 26.2 Å². The van der Waals surface area contributed by atoms with Gasteiger partial charge in [-0.1, -0.05) is 0 Å². The van der Waals surface area contributed by atoms with E-state index in [-0.39, 0.29) is 6.04 Å². The summed E-state index contributed by atoms with van der Waals surface area (Å²) in [6.45, 7) is 5.49. The van der Waals surface area contributed by atoms with Crippen LogP contribution in [0.4, 0.5) is 23.1 Å². The minimum atomic E-state index is 0.286. The molecule has 8 heteroatoms. The molecule has 1 saturated carbocycles. The number of rotatable bonds is 5. The average molecular weight is 367 g/mol. The number of anilines is 4. The molecule has 0 bridgehead atoms. The van der Waals surface area contributed by atoms with Gasteiger partial charge in [0.15, 0.2) is 5.82 Å². The standard InChI is InChI=1S/C19H25N7O/c1-12-11-27-9-8-25(12)19-14-5-7-26(13-2-3-13)17(14)15(10-20)18(23-19)22-16-4-6-21-24-16/h4,6,10,12-13,20H,2-3,5,7-9,11H2,1H3,(H2,21,22,23,24)/t12-/m1/s1. The summed E-state index contributed by atoms with van der Waals surface area (Å²) in [7, 11) is 0. The van der Waals surface area contributed by atoms with E-state index in [1.807, 2.05) is 6.07 Å². The van der Waals surface area contributed by atoms with Crippen LogP contribution in [0, 0.1) is 5.41 Å². The van der Waals surface area contributed by atoms with Crippen molar-refractivity contribution in [2.75, 3.05) is 41.4 Å². The second-order valence-electron chi connectivity index (χ2n) is 7.55. The molecule has 1 atom stereocenters. The van der Waals surface area contributed by atoms with Gasteiger partial charge in [-0.15, -0.1) is 0 Å². The Morgan fingerprint density at radius 3 is 2.93 bits per heavy atom. The van der Waals surface area contributed by atoms with Crippen LogP contribution in [0.3, 0.4) is 0 Å². The van der Waals surface area contributed by atoms with E-state index >= 15 is 0 Å². The number of hydrogen-bond donors (Lipinski definition) is 3. The minimum absolute atomic E-state index is 0.286. The lowest BCUT2D eigenvalue weighted by molar-refractivity contribution is 0.0985. The van der Waals surface area contributed by atoms with Crippen LogP contribution in [0.15, 0.2) is 12.3 Å². The number of ether oxygens (including phenoxy) is 1. The zero-order chi connectivity index (χ0) is 18.4. The molecule has 0 unspecified atom stereocenters. The third-order valence-electron chi connectivity index (χ3n) is 5.69. The normalized spacial score (nSPS) is 22.0. The molecule has 1 saturated heterocycles. The third-order valence-corrected chi connectivity index (χ3v) is 5.69. The van der Waals surface area contributed by atoms with E-state index in [2.05, 4.69) is 32.2 Å². The monoisotopic (exact) mass is 367 g/mol. The van der Waals surface area contributed by atoms with Crippen molar-refractivity contribution in [3.05, 3.63) is 23.4 Å². The highest BCUT2D eigenvalue weighted by atomic mass is 16.5. The first kappa shape index (κ1) is 16.6. The Labute approximate surface area is 158 Å². The highest BCUT2D eigenvalue weighted by Crippen LogP contribution is 2.45. The summed E-state index contributed by atoms with van der Waals surface area (Å²) in [6, 6.07) is 2.77. The van der Waals surface area contributed by atoms with Crippen LogP contribution in [0.25, 0.3) is 0 Å². The van der Waals surface area contributed by atoms with Crippen LogP contribution in [0.5, 0.6) is 0 Å². The van der Waals surface area contributed by atoms with Crippen LogP contribution in [-0.4, -0.2) is 59.8 Å². The van der Waals surface area contributed by atoms with E-state index in [0.717, 1.165) is 44.1 Å². The second kappa shape index (κ2) is 6.53. The number of aromatic nitrogens is 3. The highest BCUT2D eigenvalue weighted by molar-refractivity contribution is 5.97. The summed E-state index contributed by atoms with van der Waals surface area (Å²) in [6.07, 6.45) is 6.69. The molecule has 1 aliphatic carbocycles. The Balaban J connectivity index is 1.65. The Morgan fingerprint density at radius 2 is 2.22 bits per heavy atom.